The van der Waals surface area contributed by atoms with Crippen molar-refractivity contribution < 1.29 is 22.4 Å². The molecule has 15 heteroatoms. The molecule has 4 heterocycles. The summed E-state index contributed by atoms with van der Waals surface area (Å²) >= 11 is 0.241. The summed E-state index contributed by atoms with van der Waals surface area (Å²) in [7, 11) is 0. The van der Waals surface area contributed by atoms with Crippen molar-refractivity contribution in [1.29, 1.82) is 0 Å². The van der Waals surface area contributed by atoms with Gasteiger partial charge in [0.05, 0.1) is 11.2 Å². The van der Waals surface area contributed by atoms with E-state index in [2.05, 4.69) is 40.8 Å². The molecule has 0 saturated carbocycles. The summed E-state index contributed by atoms with van der Waals surface area (Å²) in [5.74, 6) is -1.13. The molecule has 0 unspecified atom stereocenters. The van der Waals surface area contributed by atoms with Crippen LogP contribution in [0.5, 0.6) is 0 Å². The molecule has 1 saturated heterocycles. The molecule has 0 aliphatic carbocycles. The summed E-state index contributed by atoms with van der Waals surface area (Å²) in [6.45, 7) is 0.319. The van der Waals surface area contributed by atoms with Gasteiger partial charge in [0, 0.05) is 23.9 Å². The number of thiazole rings is 1. The molecule has 1 fully saturated rings. The molecule has 2 N–H and O–H groups in total. The van der Waals surface area contributed by atoms with Crippen molar-refractivity contribution in [2.24, 2.45) is 4.99 Å². The minimum atomic E-state index is -4.77. The molecule has 5 aromatic rings. The van der Waals surface area contributed by atoms with E-state index >= 15 is 0 Å². The number of carbonyl (C=O) groups excluding carboxylic acids is 1. The number of hydrogen-bond donors (Lipinski definition) is 2. The van der Waals surface area contributed by atoms with E-state index in [9.17, 15) is 22.8 Å². The van der Waals surface area contributed by atoms with Crippen molar-refractivity contribution >= 4 is 50.7 Å². The molecule has 40 heavy (non-hydrogen) atoms. The quantitative estimate of drug-likeness (QED) is 0.314. The smallest absolute Gasteiger partial charge is 0.401 e. The van der Waals surface area contributed by atoms with E-state index in [1.807, 2.05) is 30.3 Å². The number of carbonyl (C=O) groups is 1. The van der Waals surface area contributed by atoms with Crippen molar-refractivity contribution in [3.8, 4) is 22.8 Å². The number of aromatic nitrogens is 5. The Morgan fingerprint density at radius 3 is 2.48 bits per heavy atom. The number of anilines is 2. The summed E-state index contributed by atoms with van der Waals surface area (Å²) in [6.07, 6.45) is -4.53. The first-order valence-corrected chi connectivity index (χ1v) is 12.5. The Morgan fingerprint density at radius 2 is 1.73 bits per heavy atom. The van der Waals surface area contributed by atoms with Gasteiger partial charge in [-0.25, -0.2) is 19.9 Å². The molecule has 1 aliphatic heterocycles. The number of halogens is 3. The highest BCUT2D eigenvalue weighted by atomic mass is 32.1. The molecular formula is C25H15F3N8O3S. The molecule has 11 nitrogen and oxygen atoms in total. The number of aliphatic imine (C=N–C) groups is 1. The van der Waals surface area contributed by atoms with Crippen LogP contribution in [0.15, 0.2) is 68.8 Å². The molecule has 3 aromatic heterocycles. The van der Waals surface area contributed by atoms with E-state index in [0.717, 1.165) is 0 Å². The van der Waals surface area contributed by atoms with Crippen molar-refractivity contribution in [1.82, 2.24) is 30.5 Å². The van der Waals surface area contributed by atoms with Crippen LogP contribution in [0.3, 0.4) is 0 Å². The predicted molar refractivity (Wildman–Crippen MR) is 140 cm³/mol. The number of nitrogens with zero attached hydrogens (tertiary/aromatic N) is 6. The average molecular weight is 565 g/mol. The number of fused-ring (bicyclic) bond motifs is 1. The van der Waals surface area contributed by atoms with E-state index in [0.29, 0.717) is 28.7 Å². The predicted octanol–water partition coefficient (Wildman–Crippen LogP) is 4.52. The van der Waals surface area contributed by atoms with Crippen LogP contribution in [-0.4, -0.2) is 43.3 Å². The first-order chi connectivity index (χ1) is 19.3. The maximum atomic E-state index is 13.4. The summed E-state index contributed by atoms with van der Waals surface area (Å²) in [5.41, 5.74) is 0.542. The van der Waals surface area contributed by atoms with Crippen LogP contribution in [0.4, 0.5) is 30.0 Å². The zero-order valence-corrected chi connectivity index (χ0v) is 20.9. The second-order valence-corrected chi connectivity index (χ2v) is 9.36. The summed E-state index contributed by atoms with van der Waals surface area (Å²) in [6, 6.07) is 15.8. The molecule has 1 aliphatic rings. The van der Waals surface area contributed by atoms with Gasteiger partial charge < -0.3 is 9.73 Å². The van der Waals surface area contributed by atoms with Crippen molar-refractivity contribution in [2.45, 2.75) is 12.6 Å². The molecule has 200 valence electrons. The fourth-order valence-corrected chi connectivity index (χ4v) is 4.73. The topological polar surface area (TPSA) is 148 Å². The van der Waals surface area contributed by atoms with E-state index in [1.165, 1.54) is 0 Å². The van der Waals surface area contributed by atoms with Crippen LogP contribution in [0.25, 0.3) is 33.7 Å². The summed E-state index contributed by atoms with van der Waals surface area (Å²) < 4.78 is 45.9. The second-order valence-electron chi connectivity index (χ2n) is 8.38. The van der Waals surface area contributed by atoms with Crippen LogP contribution in [0, 0.1) is 0 Å². The van der Waals surface area contributed by atoms with Gasteiger partial charge in [0.15, 0.2) is 5.69 Å². The van der Waals surface area contributed by atoms with Gasteiger partial charge in [0.25, 0.3) is 11.8 Å². The monoisotopic (exact) mass is 564 g/mol. The van der Waals surface area contributed by atoms with Gasteiger partial charge in [-0.2, -0.15) is 13.2 Å². The van der Waals surface area contributed by atoms with E-state index in [1.54, 1.807) is 24.3 Å². The van der Waals surface area contributed by atoms with E-state index in [-0.39, 0.29) is 46.0 Å². The van der Waals surface area contributed by atoms with Gasteiger partial charge in [0.2, 0.25) is 10.8 Å². The maximum Gasteiger partial charge on any atom is 0.443 e. The summed E-state index contributed by atoms with van der Waals surface area (Å²) in [5, 5.41) is 12.0. The van der Waals surface area contributed by atoms with E-state index < -0.39 is 28.5 Å². The molecule has 2 aromatic carbocycles. The Labute approximate surface area is 225 Å². The number of hydrogen-bond acceptors (Lipinski definition) is 11. The van der Waals surface area contributed by atoms with E-state index in [4.69, 9.17) is 4.42 Å². The Bertz CT molecular complexity index is 1850. The third-order valence-corrected chi connectivity index (χ3v) is 6.70. The zero-order chi connectivity index (χ0) is 27.9. The minimum absolute atomic E-state index is 0.0556. The van der Waals surface area contributed by atoms with Crippen LogP contribution in [-0.2, 0) is 11.0 Å². The number of nitrogens with one attached hydrogen (secondary N) is 2. The lowest BCUT2D eigenvalue weighted by molar-refractivity contribution is -0.137. The van der Waals surface area contributed by atoms with Crippen molar-refractivity contribution in [2.75, 3.05) is 11.9 Å². The van der Waals surface area contributed by atoms with Gasteiger partial charge >= 0.3 is 17.8 Å². The Balaban J connectivity index is 1.41. The van der Waals surface area contributed by atoms with Gasteiger partial charge in [-0.15, -0.1) is 5.10 Å². The molecule has 0 radical (unpaired) electrons. The van der Waals surface area contributed by atoms with Crippen molar-refractivity contribution in [3.63, 3.8) is 0 Å². The number of benzene rings is 2. The molecule has 0 atom stereocenters. The third-order valence-electron chi connectivity index (χ3n) is 5.71. The zero-order valence-electron chi connectivity index (χ0n) is 20.1. The van der Waals surface area contributed by atoms with Crippen LogP contribution in [0.2, 0.25) is 0 Å². The average Bonchev–Trinajstić information content (AvgIpc) is 3.66. The number of para-hydroxylation sites is 1. The molecule has 6 rings (SSSR count). The Morgan fingerprint density at radius 1 is 0.950 bits per heavy atom. The Kier molecular flexibility index (Phi) is 6.26. The highest BCUT2D eigenvalue weighted by Gasteiger charge is 2.37. The van der Waals surface area contributed by atoms with Gasteiger partial charge in [-0.1, -0.05) is 65.0 Å². The fourth-order valence-electron chi connectivity index (χ4n) is 3.91. The van der Waals surface area contributed by atoms with Gasteiger partial charge in [-0.3, -0.25) is 14.9 Å². The minimum Gasteiger partial charge on any atom is -0.401 e. The first kappa shape index (κ1) is 25.2. The van der Waals surface area contributed by atoms with Gasteiger partial charge in [-0.05, 0) is 6.07 Å². The molecule has 1 amide bonds. The molecule has 0 spiro atoms. The first-order valence-electron chi connectivity index (χ1n) is 11.7. The number of amides is 1. The number of alkyl halides is 3. The second kappa shape index (κ2) is 9.92. The fraction of sp³-hybridized carbons (Fsp3) is 0.120. The van der Waals surface area contributed by atoms with Crippen LogP contribution in [0.1, 0.15) is 11.4 Å². The number of rotatable bonds is 5. The molecule has 0 bridgehead atoms. The normalized spacial score (nSPS) is 14.6. The molecular weight excluding hydrogens is 549 g/mol. The van der Waals surface area contributed by atoms with Crippen LogP contribution >= 0.6 is 11.3 Å². The largest absolute Gasteiger partial charge is 0.443 e. The lowest BCUT2D eigenvalue weighted by Gasteiger charge is -2.02. The Hall–Kier alpha value is -5.05. The SMILES string of the molecule is O=C1NCC/C1=N\c1sc(C(F)(F)F)nc1-c1nnc(Nc2nc(-c3ccccc3)c3ccccc3nc2=O)o1. The van der Waals surface area contributed by atoms with Gasteiger partial charge in [0.1, 0.15) is 10.7 Å². The lowest BCUT2D eigenvalue weighted by atomic mass is 10.1. The summed E-state index contributed by atoms with van der Waals surface area (Å²) in [4.78, 5) is 41.2. The highest BCUT2D eigenvalue weighted by Crippen LogP contribution is 2.42. The highest BCUT2D eigenvalue weighted by molar-refractivity contribution is 7.16. The third kappa shape index (κ3) is 4.89. The maximum absolute atomic E-state index is 13.4. The van der Waals surface area contributed by atoms with Crippen molar-refractivity contribution in [3.05, 3.63) is 70.0 Å². The lowest BCUT2D eigenvalue weighted by Crippen LogP contribution is -2.18. The standard InChI is InChI=1S/C25H15F3N8O3S/c26-25(27,28)23-33-17(22(40-23)31-15-10-11-29-19(15)37)21-35-36-24(39-21)34-18-20(38)30-14-9-5-4-8-13(14)16(32-18)12-6-2-1-3-7-12/h1-9H,10-11H2,(H,29,37)(H,30,32,34,36,38)/b31-15+. The van der Waals surface area contributed by atoms with Crippen LogP contribution < -0.4 is 16.2 Å².